The maximum Gasteiger partial charge on any atom is 0.261 e. The number of benzene rings is 3. The zero-order chi connectivity index (χ0) is 25.9. The van der Waals surface area contributed by atoms with E-state index in [9.17, 15) is 9.59 Å². The molecule has 0 saturated carbocycles. The number of nitrogens with one attached hydrogen (secondary N) is 1. The molecule has 2 atom stereocenters. The molecule has 1 aliphatic heterocycles. The SMILES string of the molecule is COc1ccc(CN(C(=O)COc2ccccc2)[C@@H](Cc2ccccc2)C(=O)NC[C@@H]2CCCO2)cc1. The molecule has 1 aliphatic rings. The average molecular weight is 503 g/mol. The van der Waals surface area contributed by atoms with E-state index < -0.39 is 6.04 Å². The fourth-order valence-corrected chi connectivity index (χ4v) is 4.36. The second-order valence-corrected chi connectivity index (χ2v) is 9.06. The summed E-state index contributed by atoms with van der Waals surface area (Å²) in [5, 5.41) is 3.04. The van der Waals surface area contributed by atoms with E-state index in [0.717, 1.165) is 29.7 Å². The highest BCUT2D eigenvalue weighted by Gasteiger charge is 2.31. The monoisotopic (exact) mass is 502 g/mol. The van der Waals surface area contributed by atoms with E-state index in [4.69, 9.17) is 14.2 Å². The van der Waals surface area contributed by atoms with Crippen molar-refractivity contribution in [3.05, 3.63) is 96.1 Å². The van der Waals surface area contributed by atoms with Gasteiger partial charge in [-0.25, -0.2) is 0 Å². The van der Waals surface area contributed by atoms with Crippen molar-refractivity contribution in [3.8, 4) is 11.5 Å². The van der Waals surface area contributed by atoms with Crippen LogP contribution in [0.4, 0.5) is 0 Å². The molecular weight excluding hydrogens is 468 g/mol. The lowest BCUT2D eigenvalue weighted by molar-refractivity contribution is -0.143. The predicted octanol–water partition coefficient (Wildman–Crippen LogP) is 4.01. The molecule has 1 heterocycles. The van der Waals surface area contributed by atoms with Crippen molar-refractivity contribution in [1.29, 1.82) is 0 Å². The third kappa shape index (κ3) is 7.82. The van der Waals surface area contributed by atoms with Gasteiger partial charge in [-0.05, 0) is 48.2 Å². The molecule has 0 spiro atoms. The van der Waals surface area contributed by atoms with Gasteiger partial charge in [-0.1, -0.05) is 60.7 Å². The Morgan fingerprint density at radius 2 is 1.65 bits per heavy atom. The van der Waals surface area contributed by atoms with Crippen LogP contribution in [0.25, 0.3) is 0 Å². The van der Waals surface area contributed by atoms with Crippen LogP contribution < -0.4 is 14.8 Å². The van der Waals surface area contributed by atoms with Gasteiger partial charge < -0.3 is 24.4 Å². The number of nitrogens with zero attached hydrogens (tertiary/aromatic N) is 1. The van der Waals surface area contributed by atoms with Crippen LogP contribution in [0.1, 0.15) is 24.0 Å². The zero-order valence-electron chi connectivity index (χ0n) is 21.2. The van der Waals surface area contributed by atoms with Gasteiger partial charge in [-0.2, -0.15) is 0 Å². The summed E-state index contributed by atoms with van der Waals surface area (Å²) in [6.07, 6.45) is 2.30. The van der Waals surface area contributed by atoms with Crippen LogP contribution in [0.3, 0.4) is 0 Å². The van der Waals surface area contributed by atoms with Gasteiger partial charge in [0.1, 0.15) is 17.5 Å². The summed E-state index contributed by atoms with van der Waals surface area (Å²) < 4.78 is 16.7. The molecule has 1 N–H and O–H groups in total. The minimum absolute atomic E-state index is 0.00785. The smallest absolute Gasteiger partial charge is 0.261 e. The summed E-state index contributed by atoms with van der Waals surface area (Å²) in [5.74, 6) is 0.848. The minimum atomic E-state index is -0.724. The molecule has 4 rings (SSSR count). The first-order chi connectivity index (χ1) is 18.1. The van der Waals surface area contributed by atoms with Crippen LogP contribution in [-0.2, 0) is 27.3 Å². The molecule has 3 aromatic rings. The first kappa shape index (κ1) is 26.2. The number of carbonyl (C=O) groups is 2. The largest absolute Gasteiger partial charge is 0.497 e. The quantitative estimate of drug-likeness (QED) is 0.405. The van der Waals surface area contributed by atoms with Gasteiger partial charge in [0.25, 0.3) is 5.91 Å². The van der Waals surface area contributed by atoms with Crippen molar-refractivity contribution in [2.75, 3.05) is 26.9 Å². The molecule has 7 heteroatoms. The molecular formula is C30H34N2O5. The Morgan fingerprint density at radius 1 is 0.946 bits per heavy atom. The second kappa shape index (κ2) is 13.5. The average Bonchev–Trinajstić information content (AvgIpc) is 3.47. The molecule has 3 aromatic carbocycles. The lowest BCUT2D eigenvalue weighted by Crippen LogP contribution is -2.52. The van der Waals surface area contributed by atoms with Crippen molar-refractivity contribution >= 4 is 11.8 Å². The highest BCUT2D eigenvalue weighted by atomic mass is 16.5. The van der Waals surface area contributed by atoms with Crippen molar-refractivity contribution in [2.24, 2.45) is 0 Å². The van der Waals surface area contributed by atoms with Crippen LogP contribution in [0.5, 0.6) is 11.5 Å². The van der Waals surface area contributed by atoms with E-state index in [1.807, 2.05) is 72.8 Å². The first-order valence-corrected chi connectivity index (χ1v) is 12.7. The van der Waals surface area contributed by atoms with Gasteiger partial charge in [-0.3, -0.25) is 9.59 Å². The third-order valence-corrected chi connectivity index (χ3v) is 6.42. The Bertz CT molecular complexity index is 1120. The summed E-state index contributed by atoms with van der Waals surface area (Å²) >= 11 is 0. The summed E-state index contributed by atoms with van der Waals surface area (Å²) in [5.41, 5.74) is 1.86. The van der Waals surface area contributed by atoms with Gasteiger partial charge in [-0.15, -0.1) is 0 Å². The third-order valence-electron chi connectivity index (χ3n) is 6.42. The first-order valence-electron chi connectivity index (χ1n) is 12.7. The van der Waals surface area contributed by atoms with Crippen LogP contribution in [-0.4, -0.2) is 55.7 Å². The number of ether oxygens (including phenoxy) is 3. The summed E-state index contributed by atoms with van der Waals surface area (Å²) in [6, 6.07) is 25.7. The van der Waals surface area contributed by atoms with Gasteiger partial charge in [0.05, 0.1) is 13.2 Å². The summed E-state index contributed by atoms with van der Waals surface area (Å²) in [6.45, 7) is 1.22. The lowest BCUT2D eigenvalue weighted by atomic mass is 10.0. The molecule has 2 amide bonds. The predicted molar refractivity (Wildman–Crippen MR) is 141 cm³/mol. The highest BCUT2D eigenvalue weighted by Crippen LogP contribution is 2.19. The van der Waals surface area contributed by atoms with E-state index in [-0.39, 0.29) is 31.1 Å². The Balaban J connectivity index is 1.58. The molecule has 1 saturated heterocycles. The van der Waals surface area contributed by atoms with Crippen molar-refractivity contribution in [3.63, 3.8) is 0 Å². The van der Waals surface area contributed by atoms with Crippen molar-refractivity contribution in [1.82, 2.24) is 10.2 Å². The Labute approximate surface area is 218 Å². The number of carbonyl (C=O) groups excluding carboxylic acids is 2. The van der Waals surface area contributed by atoms with Gasteiger partial charge in [0.2, 0.25) is 5.91 Å². The lowest BCUT2D eigenvalue weighted by Gasteiger charge is -2.31. The van der Waals surface area contributed by atoms with Crippen molar-refractivity contribution < 1.29 is 23.8 Å². The van der Waals surface area contributed by atoms with E-state index >= 15 is 0 Å². The molecule has 0 aromatic heterocycles. The fourth-order valence-electron chi connectivity index (χ4n) is 4.36. The molecule has 37 heavy (non-hydrogen) atoms. The number of para-hydroxylation sites is 1. The molecule has 0 unspecified atom stereocenters. The topological polar surface area (TPSA) is 77.1 Å². The van der Waals surface area contributed by atoms with Crippen molar-refractivity contribution in [2.45, 2.75) is 38.0 Å². The molecule has 0 aliphatic carbocycles. The summed E-state index contributed by atoms with van der Waals surface area (Å²) in [7, 11) is 1.61. The number of amides is 2. The van der Waals surface area contributed by atoms with Crippen LogP contribution >= 0.6 is 0 Å². The van der Waals surface area contributed by atoms with E-state index in [1.54, 1.807) is 24.1 Å². The zero-order valence-corrected chi connectivity index (χ0v) is 21.2. The fraction of sp³-hybridized carbons (Fsp3) is 0.333. The molecule has 1 fully saturated rings. The van der Waals surface area contributed by atoms with Gasteiger partial charge in [0, 0.05) is 26.1 Å². The molecule has 0 bridgehead atoms. The molecule has 7 nitrogen and oxygen atoms in total. The van der Waals surface area contributed by atoms with Crippen LogP contribution in [0, 0.1) is 0 Å². The maximum atomic E-state index is 13.6. The van der Waals surface area contributed by atoms with E-state index in [0.29, 0.717) is 25.3 Å². The second-order valence-electron chi connectivity index (χ2n) is 9.06. The standard InChI is InChI=1S/C30H34N2O5/c1-35-25-16-14-24(15-17-25)21-32(29(33)22-37-26-11-6-3-7-12-26)28(19-23-9-4-2-5-10-23)30(34)31-20-27-13-8-18-36-27/h2-7,9-12,14-17,27-28H,8,13,18-22H2,1H3,(H,31,34)/t27-,28-/m0/s1. The Kier molecular flexibility index (Phi) is 9.54. The number of hydrogen-bond donors (Lipinski definition) is 1. The van der Waals surface area contributed by atoms with Gasteiger partial charge in [0.15, 0.2) is 6.61 Å². The highest BCUT2D eigenvalue weighted by molar-refractivity contribution is 5.88. The number of methoxy groups -OCH3 is 1. The normalized spacial score (nSPS) is 15.5. The minimum Gasteiger partial charge on any atom is -0.497 e. The molecule has 194 valence electrons. The number of rotatable bonds is 12. The van der Waals surface area contributed by atoms with E-state index in [2.05, 4.69) is 5.32 Å². The summed E-state index contributed by atoms with van der Waals surface area (Å²) in [4.78, 5) is 28.8. The Morgan fingerprint density at radius 3 is 2.30 bits per heavy atom. The molecule has 0 radical (unpaired) electrons. The van der Waals surface area contributed by atoms with E-state index in [1.165, 1.54) is 0 Å². The van der Waals surface area contributed by atoms with Gasteiger partial charge >= 0.3 is 0 Å². The Hall–Kier alpha value is -3.84. The number of hydrogen-bond acceptors (Lipinski definition) is 5. The maximum absolute atomic E-state index is 13.6. The van der Waals surface area contributed by atoms with Crippen LogP contribution in [0.15, 0.2) is 84.9 Å². The van der Waals surface area contributed by atoms with Crippen LogP contribution in [0.2, 0.25) is 0 Å².